The second-order valence-electron chi connectivity index (χ2n) is 7.23. The molecule has 0 bridgehead atoms. The van der Waals surface area contributed by atoms with E-state index in [9.17, 15) is 0 Å². The number of rotatable bonds is 3. The highest BCUT2D eigenvalue weighted by molar-refractivity contribution is 7.99. The minimum Gasteiger partial charge on any atom is -0.369 e. The van der Waals surface area contributed by atoms with Crippen LogP contribution < -0.4 is 16.4 Å². The molecule has 0 unspecified atom stereocenters. The SMILES string of the molecule is Cc1ccc(Sc2ccc(N3C(N)=NC(N)=NC34CCCCC4)cc2)cc1. The van der Waals surface area contributed by atoms with E-state index in [1.807, 2.05) is 0 Å². The lowest BCUT2D eigenvalue weighted by Gasteiger charge is -2.45. The molecule has 0 atom stereocenters. The number of benzene rings is 2. The summed E-state index contributed by atoms with van der Waals surface area (Å²) in [7, 11) is 0. The van der Waals surface area contributed by atoms with Crippen LogP contribution in [0.2, 0.25) is 0 Å². The van der Waals surface area contributed by atoms with Crippen molar-refractivity contribution in [2.75, 3.05) is 4.90 Å². The zero-order valence-electron chi connectivity index (χ0n) is 15.6. The monoisotopic (exact) mass is 379 g/mol. The third kappa shape index (κ3) is 3.67. The summed E-state index contributed by atoms with van der Waals surface area (Å²) in [5, 5.41) is 0. The Kier molecular flexibility index (Phi) is 4.83. The third-order valence-electron chi connectivity index (χ3n) is 5.20. The largest absolute Gasteiger partial charge is 0.369 e. The fraction of sp³-hybridized carbons (Fsp3) is 0.333. The number of hydrogen-bond donors (Lipinski definition) is 2. The molecule has 1 heterocycles. The Bertz CT molecular complexity index is 864. The molecule has 5 nitrogen and oxygen atoms in total. The predicted octanol–water partition coefficient (Wildman–Crippen LogP) is 4.26. The van der Waals surface area contributed by atoms with Gasteiger partial charge in [0, 0.05) is 15.5 Å². The maximum atomic E-state index is 6.29. The number of nitrogens with two attached hydrogens (primary N) is 2. The van der Waals surface area contributed by atoms with E-state index in [1.54, 1.807) is 11.8 Å². The molecule has 4 rings (SSSR count). The molecule has 0 aromatic heterocycles. The Balaban J connectivity index is 1.60. The molecule has 0 saturated heterocycles. The first-order chi connectivity index (χ1) is 13.1. The lowest BCUT2D eigenvalue weighted by molar-refractivity contribution is 0.305. The summed E-state index contributed by atoms with van der Waals surface area (Å²) in [6.07, 6.45) is 5.38. The van der Waals surface area contributed by atoms with Gasteiger partial charge in [0.05, 0.1) is 0 Å². The predicted molar refractivity (Wildman–Crippen MR) is 113 cm³/mol. The van der Waals surface area contributed by atoms with Gasteiger partial charge in [-0.15, -0.1) is 0 Å². The van der Waals surface area contributed by atoms with Gasteiger partial charge in [-0.05, 0) is 69.0 Å². The van der Waals surface area contributed by atoms with Crippen molar-refractivity contribution in [1.82, 2.24) is 0 Å². The van der Waals surface area contributed by atoms with E-state index >= 15 is 0 Å². The van der Waals surface area contributed by atoms with Crippen LogP contribution in [0.25, 0.3) is 0 Å². The van der Waals surface area contributed by atoms with Crippen LogP contribution in [-0.2, 0) is 0 Å². The van der Waals surface area contributed by atoms with E-state index in [-0.39, 0.29) is 11.6 Å². The number of guanidine groups is 2. The zero-order chi connectivity index (χ0) is 18.9. The van der Waals surface area contributed by atoms with E-state index in [4.69, 9.17) is 16.5 Å². The molecule has 0 radical (unpaired) electrons. The van der Waals surface area contributed by atoms with E-state index in [0.717, 1.165) is 31.4 Å². The van der Waals surface area contributed by atoms with E-state index in [2.05, 4.69) is 65.3 Å². The third-order valence-corrected chi connectivity index (χ3v) is 6.22. The quantitative estimate of drug-likeness (QED) is 0.835. The highest BCUT2D eigenvalue weighted by Gasteiger charge is 2.42. The Hall–Kier alpha value is -2.47. The molecule has 27 heavy (non-hydrogen) atoms. The molecule has 1 spiro atoms. The fourth-order valence-corrected chi connectivity index (χ4v) is 4.72. The van der Waals surface area contributed by atoms with Gasteiger partial charge in [-0.1, -0.05) is 35.9 Å². The molecule has 1 aliphatic heterocycles. The van der Waals surface area contributed by atoms with Crippen LogP contribution in [0.15, 0.2) is 68.3 Å². The molecule has 2 aliphatic rings. The maximum absolute atomic E-state index is 6.29. The van der Waals surface area contributed by atoms with Crippen LogP contribution in [0, 0.1) is 6.92 Å². The van der Waals surface area contributed by atoms with Crippen LogP contribution in [0.1, 0.15) is 37.7 Å². The van der Waals surface area contributed by atoms with Gasteiger partial charge in [-0.2, -0.15) is 4.99 Å². The van der Waals surface area contributed by atoms with E-state index in [0.29, 0.717) is 5.96 Å². The van der Waals surface area contributed by atoms with Gasteiger partial charge in [-0.3, -0.25) is 4.90 Å². The van der Waals surface area contributed by atoms with Crippen molar-refractivity contribution >= 4 is 29.4 Å². The lowest BCUT2D eigenvalue weighted by atomic mass is 9.87. The minimum atomic E-state index is -0.389. The topological polar surface area (TPSA) is 80.0 Å². The van der Waals surface area contributed by atoms with Crippen molar-refractivity contribution < 1.29 is 0 Å². The highest BCUT2D eigenvalue weighted by Crippen LogP contribution is 2.40. The molecule has 4 N–H and O–H groups in total. The lowest BCUT2D eigenvalue weighted by Crippen LogP contribution is -2.58. The van der Waals surface area contributed by atoms with Crippen molar-refractivity contribution in [3.05, 3.63) is 54.1 Å². The summed E-state index contributed by atoms with van der Waals surface area (Å²) in [5.41, 5.74) is 14.1. The van der Waals surface area contributed by atoms with Gasteiger partial charge in [0.2, 0.25) is 11.9 Å². The molecular weight excluding hydrogens is 354 g/mol. The van der Waals surface area contributed by atoms with Crippen molar-refractivity contribution in [3.8, 4) is 0 Å². The van der Waals surface area contributed by atoms with Crippen LogP contribution in [0.4, 0.5) is 5.69 Å². The Labute approximate surface area is 164 Å². The van der Waals surface area contributed by atoms with Gasteiger partial charge in [-0.25, -0.2) is 4.99 Å². The molecule has 140 valence electrons. The summed E-state index contributed by atoms with van der Waals surface area (Å²) < 4.78 is 0. The summed E-state index contributed by atoms with van der Waals surface area (Å²) in [6.45, 7) is 2.10. The van der Waals surface area contributed by atoms with Gasteiger partial charge in [0.25, 0.3) is 0 Å². The molecule has 2 aromatic carbocycles. The highest BCUT2D eigenvalue weighted by atomic mass is 32.2. The molecule has 2 aromatic rings. The molecule has 6 heteroatoms. The van der Waals surface area contributed by atoms with Crippen LogP contribution in [0.5, 0.6) is 0 Å². The summed E-state index contributed by atoms with van der Waals surface area (Å²) in [5.74, 6) is 0.723. The van der Waals surface area contributed by atoms with E-state index < -0.39 is 0 Å². The van der Waals surface area contributed by atoms with Gasteiger partial charge >= 0.3 is 0 Å². The van der Waals surface area contributed by atoms with Crippen LogP contribution >= 0.6 is 11.8 Å². The van der Waals surface area contributed by atoms with Gasteiger partial charge in [0.15, 0.2) is 0 Å². The molecule has 0 amide bonds. The molecule has 1 fully saturated rings. The van der Waals surface area contributed by atoms with Gasteiger partial charge < -0.3 is 11.5 Å². The number of aliphatic imine (C=N–C) groups is 2. The van der Waals surface area contributed by atoms with Crippen molar-refractivity contribution in [1.29, 1.82) is 0 Å². The summed E-state index contributed by atoms with van der Waals surface area (Å²) in [4.78, 5) is 13.5. The average Bonchev–Trinajstić information content (AvgIpc) is 2.65. The van der Waals surface area contributed by atoms with E-state index in [1.165, 1.54) is 21.8 Å². The van der Waals surface area contributed by atoms with Crippen molar-refractivity contribution in [2.45, 2.75) is 54.5 Å². The average molecular weight is 380 g/mol. The van der Waals surface area contributed by atoms with Gasteiger partial charge in [0.1, 0.15) is 5.66 Å². The number of nitrogens with zero attached hydrogens (tertiary/aromatic N) is 3. The second-order valence-corrected chi connectivity index (χ2v) is 8.37. The Morgan fingerprint density at radius 1 is 0.889 bits per heavy atom. The maximum Gasteiger partial charge on any atom is 0.220 e. The molecule has 1 aliphatic carbocycles. The number of anilines is 1. The summed E-state index contributed by atoms with van der Waals surface area (Å²) in [6, 6.07) is 17.0. The summed E-state index contributed by atoms with van der Waals surface area (Å²) >= 11 is 1.75. The molecular formula is C21H25N5S. The van der Waals surface area contributed by atoms with Crippen LogP contribution in [0.3, 0.4) is 0 Å². The minimum absolute atomic E-state index is 0.289. The zero-order valence-corrected chi connectivity index (χ0v) is 16.4. The Morgan fingerprint density at radius 2 is 1.48 bits per heavy atom. The normalized spacial score (nSPS) is 18.9. The van der Waals surface area contributed by atoms with Crippen molar-refractivity contribution in [2.24, 2.45) is 21.5 Å². The Morgan fingerprint density at radius 3 is 2.11 bits per heavy atom. The number of aryl methyl sites for hydroxylation is 1. The first-order valence-electron chi connectivity index (χ1n) is 9.40. The fourth-order valence-electron chi connectivity index (χ4n) is 3.90. The standard InChI is InChI=1S/C21H25N5S/c1-15-5-9-17(10-6-15)27-18-11-7-16(8-12-18)26-20(23)24-19(22)25-21(26)13-3-2-4-14-21/h5-12H,2-4,13-14H2,1H3,(H4,22,23,24,25). The van der Waals surface area contributed by atoms with Crippen molar-refractivity contribution in [3.63, 3.8) is 0 Å². The smallest absolute Gasteiger partial charge is 0.220 e. The second kappa shape index (κ2) is 7.27. The molecule has 1 saturated carbocycles. The van der Waals surface area contributed by atoms with Crippen LogP contribution in [-0.4, -0.2) is 17.6 Å². The first kappa shape index (κ1) is 17.9. The first-order valence-corrected chi connectivity index (χ1v) is 10.2. The number of hydrogen-bond acceptors (Lipinski definition) is 6.